The van der Waals surface area contributed by atoms with Gasteiger partial charge in [0, 0.05) is 37.1 Å². The van der Waals surface area contributed by atoms with E-state index in [4.69, 9.17) is 11.6 Å². The van der Waals surface area contributed by atoms with E-state index in [9.17, 15) is 4.79 Å². The molecule has 0 spiro atoms. The Morgan fingerprint density at radius 3 is 2.95 bits per heavy atom. The van der Waals surface area contributed by atoms with Gasteiger partial charge in [0.1, 0.15) is 0 Å². The van der Waals surface area contributed by atoms with E-state index in [2.05, 4.69) is 15.2 Å². The van der Waals surface area contributed by atoms with Crippen molar-refractivity contribution in [2.24, 2.45) is 0 Å². The Hall–Kier alpha value is -1.13. The second kappa shape index (κ2) is 5.10. The molecule has 1 aromatic heterocycles. The minimum absolute atomic E-state index is 0.111. The zero-order valence-corrected chi connectivity index (χ0v) is 11.8. The van der Waals surface area contributed by atoms with Gasteiger partial charge in [-0.3, -0.25) is 14.7 Å². The molecular weight excluding hydrogens is 262 g/mol. The van der Waals surface area contributed by atoms with Gasteiger partial charge >= 0.3 is 0 Å². The molecular formula is C14H18ClN3O. The van der Waals surface area contributed by atoms with Crippen LogP contribution in [0.3, 0.4) is 0 Å². The molecule has 1 aromatic rings. The van der Waals surface area contributed by atoms with Gasteiger partial charge in [-0.25, -0.2) is 0 Å². The summed E-state index contributed by atoms with van der Waals surface area (Å²) in [5.74, 6) is -0.111. The largest absolute Gasteiger partial charge is 0.348 e. The normalized spacial score (nSPS) is 23.6. The fourth-order valence-corrected chi connectivity index (χ4v) is 2.93. The van der Waals surface area contributed by atoms with Crippen molar-refractivity contribution in [1.82, 2.24) is 15.2 Å². The standard InChI is InChI=1S/C14H18ClN3O/c1-9-6-13(15)12(7-16-9)14(19)17-10-4-5-18(8-10)11-2-3-11/h6-7,10-11H,2-5,8H2,1H3,(H,17,19). The maximum Gasteiger partial charge on any atom is 0.254 e. The van der Waals surface area contributed by atoms with Crippen LogP contribution < -0.4 is 5.32 Å². The van der Waals surface area contributed by atoms with Gasteiger partial charge in [0.2, 0.25) is 0 Å². The highest BCUT2D eigenvalue weighted by Gasteiger charge is 2.34. The molecule has 1 saturated carbocycles. The molecule has 0 bridgehead atoms. The lowest BCUT2D eigenvalue weighted by Crippen LogP contribution is -2.37. The highest BCUT2D eigenvalue weighted by molar-refractivity contribution is 6.33. The molecule has 3 rings (SSSR count). The SMILES string of the molecule is Cc1cc(Cl)c(C(=O)NC2CCN(C3CC3)C2)cn1. The first-order valence-electron chi connectivity index (χ1n) is 6.80. The quantitative estimate of drug-likeness (QED) is 0.921. The fourth-order valence-electron chi connectivity index (χ4n) is 2.63. The number of aromatic nitrogens is 1. The van der Waals surface area contributed by atoms with E-state index in [-0.39, 0.29) is 11.9 Å². The third kappa shape index (κ3) is 2.90. The summed E-state index contributed by atoms with van der Waals surface area (Å²) in [6.07, 6.45) is 5.21. The minimum atomic E-state index is -0.111. The smallest absolute Gasteiger partial charge is 0.254 e. The van der Waals surface area contributed by atoms with Crippen molar-refractivity contribution in [3.05, 3.63) is 28.5 Å². The Kier molecular flexibility index (Phi) is 3.46. The van der Waals surface area contributed by atoms with Crippen LogP contribution in [0.4, 0.5) is 0 Å². The number of aryl methyl sites for hydroxylation is 1. The van der Waals surface area contributed by atoms with Crippen molar-refractivity contribution < 1.29 is 4.79 Å². The first-order valence-corrected chi connectivity index (χ1v) is 7.18. The monoisotopic (exact) mass is 279 g/mol. The van der Waals surface area contributed by atoms with Crippen LogP contribution in [-0.4, -0.2) is 41.0 Å². The number of rotatable bonds is 3. The number of carbonyl (C=O) groups excluding carboxylic acids is 1. The molecule has 1 aliphatic carbocycles. The third-order valence-electron chi connectivity index (χ3n) is 3.85. The summed E-state index contributed by atoms with van der Waals surface area (Å²) in [5, 5.41) is 3.54. The van der Waals surface area contributed by atoms with Crippen LogP contribution in [0.5, 0.6) is 0 Å². The lowest BCUT2D eigenvalue weighted by Gasteiger charge is -2.16. The Bertz CT molecular complexity index is 501. The van der Waals surface area contributed by atoms with Crippen molar-refractivity contribution in [1.29, 1.82) is 0 Å². The van der Waals surface area contributed by atoms with Crippen LogP contribution in [0.15, 0.2) is 12.3 Å². The lowest BCUT2D eigenvalue weighted by atomic mass is 10.2. The molecule has 1 N–H and O–H groups in total. The average Bonchev–Trinajstić information content (AvgIpc) is 3.10. The van der Waals surface area contributed by atoms with Gasteiger partial charge in [-0.1, -0.05) is 11.6 Å². The van der Waals surface area contributed by atoms with E-state index in [1.165, 1.54) is 12.8 Å². The van der Waals surface area contributed by atoms with E-state index >= 15 is 0 Å². The molecule has 5 heteroatoms. The van der Waals surface area contributed by atoms with Gasteiger partial charge in [-0.2, -0.15) is 0 Å². The molecule has 1 atom stereocenters. The highest BCUT2D eigenvalue weighted by atomic mass is 35.5. The number of carbonyl (C=O) groups is 1. The molecule has 0 aromatic carbocycles. The summed E-state index contributed by atoms with van der Waals surface area (Å²) >= 11 is 6.09. The topological polar surface area (TPSA) is 45.2 Å². The maximum absolute atomic E-state index is 12.2. The van der Waals surface area contributed by atoms with Crippen molar-refractivity contribution in [2.75, 3.05) is 13.1 Å². The number of halogens is 1. The van der Waals surface area contributed by atoms with Crippen molar-refractivity contribution in [2.45, 2.75) is 38.3 Å². The van der Waals surface area contributed by atoms with E-state index in [1.54, 1.807) is 12.3 Å². The van der Waals surface area contributed by atoms with Crippen LogP contribution in [0.25, 0.3) is 0 Å². The van der Waals surface area contributed by atoms with Crippen LogP contribution in [-0.2, 0) is 0 Å². The summed E-state index contributed by atoms with van der Waals surface area (Å²) in [4.78, 5) is 18.8. The average molecular weight is 280 g/mol. The van der Waals surface area contributed by atoms with Gasteiger partial charge < -0.3 is 5.32 Å². The number of nitrogens with zero attached hydrogens (tertiary/aromatic N) is 2. The van der Waals surface area contributed by atoms with Crippen LogP contribution in [0.2, 0.25) is 5.02 Å². The maximum atomic E-state index is 12.2. The predicted molar refractivity (Wildman–Crippen MR) is 74.5 cm³/mol. The minimum Gasteiger partial charge on any atom is -0.348 e. The molecule has 102 valence electrons. The van der Waals surface area contributed by atoms with E-state index < -0.39 is 0 Å². The van der Waals surface area contributed by atoms with Crippen LogP contribution >= 0.6 is 11.6 Å². The molecule has 1 amide bonds. The number of hydrogen-bond donors (Lipinski definition) is 1. The van der Waals surface area contributed by atoms with Gasteiger partial charge in [0.25, 0.3) is 5.91 Å². The second-order valence-electron chi connectivity index (χ2n) is 5.49. The van der Waals surface area contributed by atoms with Crippen LogP contribution in [0.1, 0.15) is 35.3 Å². The first-order chi connectivity index (χ1) is 9.13. The molecule has 1 aliphatic heterocycles. The Morgan fingerprint density at radius 2 is 2.26 bits per heavy atom. The zero-order chi connectivity index (χ0) is 13.4. The number of pyridine rings is 1. The van der Waals surface area contributed by atoms with Gasteiger partial charge in [0.05, 0.1) is 10.6 Å². The van der Waals surface area contributed by atoms with Crippen molar-refractivity contribution >= 4 is 17.5 Å². The summed E-state index contributed by atoms with van der Waals surface area (Å²) in [5.41, 5.74) is 1.29. The zero-order valence-electron chi connectivity index (χ0n) is 11.0. The summed E-state index contributed by atoms with van der Waals surface area (Å²) in [7, 11) is 0. The Balaban J connectivity index is 1.61. The molecule has 2 aliphatic rings. The summed E-state index contributed by atoms with van der Waals surface area (Å²) < 4.78 is 0. The second-order valence-corrected chi connectivity index (χ2v) is 5.90. The third-order valence-corrected chi connectivity index (χ3v) is 4.17. The Labute approximate surface area is 118 Å². The van der Waals surface area contributed by atoms with Gasteiger partial charge in [0.15, 0.2) is 0 Å². The number of likely N-dealkylation sites (tertiary alicyclic amines) is 1. The molecule has 1 unspecified atom stereocenters. The van der Waals surface area contributed by atoms with E-state index in [0.717, 1.165) is 31.2 Å². The molecule has 2 heterocycles. The molecule has 19 heavy (non-hydrogen) atoms. The number of hydrogen-bond acceptors (Lipinski definition) is 3. The number of nitrogens with one attached hydrogen (secondary N) is 1. The van der Waals surface area contributed by atoms with Crippen molar-refractivity contribution in [3.8, 4) is 0 Å². The van der Waals surface area contributed by atoms with Crippen molar-refractivity contribution in [3.63, 3.8) is 0 Å². The molecule has 2 fully saturated rings. The van der Waals surface area contributed by atoms with E-state index in [0.29, 0.717) is 10.6 Å². The van der Waals surface area contributed by atoms with E-state index in [1.807, 2.05) is 6.92 Å². The Morgan fingerprint density at radius 1 is 1.47 bits per heavy atom. The highest BCUT2D eigenvalue weighted by Crippen LogP contribution is 2.29. The lowest BCUT2D eigenvalue weighted by molar-refractivity contribution is 0.0937. The first kappa shape index (κ1) is 12.9. The van der Waals surface area contributed by atoms with Gasteiger partial charge in [-0.05, 0) is 32.3 Å². The molecule has 0 radical (unpaired) electrons. The molecule has 4 nitrogen and oxygen atoms in total. The molecule has 1 saturated heterocycles. The van der Waals surface area contributed by atoms with Crippen LogP contribution in [0, 0.1) is 6.92 Å². The predicted octanol–water partition coefficient (Wildman–Crippen LogP) is 2.01. The summed E-state index contributed by atoms with van der Waals surface area (Å²) in [6, 6.07) is 2.73. The van der Waals surface area contributed by atoms with Gasteiger partial charge in [-0.15, -0.1) is 0 Å². The fraction of sp³-hybridized carbons (Fsp3) is 0.571. The number of amides is 1. The summed E-state index contributed by atoms with van der Waals surface area (Å²) in [6.45, 7) is 3.92.